The van der Waals surface area contributed by atoms with E-state index < -0.39 is 17.7 Å². The van der Waals surface area contributed by atoms with Crippen LogP contribution < -0.4 is 26.7 Å². The lowest BCUT2D eigenvalue weighted by molar-refractivity contribution is -0.129. The third-order valence-corrected chi connectivity index (χ3v) is 6.76. The average Bonchev–Trinajstić information content (AvgIpc) is 3.63. The predicted molar refractivity (Wildman–Crippen MR) is 172 cm³/mol. The summed E-state index contributed by atoms with van der Waals surface area (Å²) in [6.07, 6.45) is 6.88. The summed E-state index contributed by atoms with van der Waals surface area (Å²) in [5.74, 6) is -1.86. The number of carbonyl (C=O) groups is 5. The molecule has 6 N–H and O–H groups in total. The Morgan fingerprint density at radius 2 is 1.09 bits per heavy atom. The molecule has 3 aromatic heterocycles. The Labute approximate surface area is 267 Å². The number of aromatic nitrogens is 3. The van der Waals surface area contributed by atoms with Crippen LogP contribution in [0.1, 0.15) is 63.6 Å². The number of hydrogen-bond acceptors (Lipinski definition) is 7. The van der Waals surface area contributed by atoms with Crippen LogP contribution in [0.4, 0.5) is 17.1 Å². The fraction of sp³-hybridized carbons (Fsp3) is 0.414. The van der Waals surface area contributed by atoms with Crippen LogP contribution in [0.2, 0.25) is 0 Å². The minimum Gasteiger partial charge on any atom is -0.351 e. The maximum atomic E-state index is 13.0. The summed E-state index contributed by atoms with van der Waals surface area (Å²) in [5, 5.41) is 19.7. The molecule has 0 aliphatic carbocycles. The van der Waals surface area contributed by atoms with Gasteiger partial charge in [-0.3, -0.25) is 29.2 Å². The second kappa shape index (κ2) is 17.0. The molecule has 0 spiro atoms. The van der Waals surface area contributed by atoms with Crippen LogP contribution in [-0.4, -0.2) is 80.5 Å². The van der Waals surface area contributed by atoms with Gasteiger partial charge in [-0.15, -0.1) is 12.4 Å². The van der Waals surface area contributed by atoms with Gasteiger partial charge < -0.3 is 39.9 Å². The van der Waals surface area contributed by atoms with Crippen molar-refractivity contribution in [2.45, 2.75) is 32.1 Å². The first-order chi connectivity index (χ1) is 20.9. The van der Waals surface area contributed by atoms with Crippen molar-refractivity contribution in [3.05, 3.63) is 53.9 Å². The highest BCUT2D eigenvalue weighted by molar-refractivity contribution is 6.07. The Kier molecular flexibility index (Phi) is 13.9. The van der Waals surface area contributed by atoms with E-state index in [2.05, 4.69) is 21.3 Å². The topological polar surface area (TPSA) is 184 Å². The number of nitrogens with zero attached hydrogens (tertiary/aromatic N) is 4. The number of unbranched alkanes of at least 4 members (excludes halogenated alkanes) is 1. The monoisotopic (exact) mass is 647 g/mol. The van der Waals surface area contributed by atoms with Crippen LogP contribution in [0.25, 0.3) is 0 Å². The van der Waals surface area contributed by atoms with E-state index in [0.29, 0.717) is 42.1 Å². The highest BCUT2D eigenvalue weighted by Gasteiger charge is 2.19. The van der Waals surface area contributed by atoms with Crippen molar-refractivity contribution in [1.82, 2.24) is 29.4 Å². The van der Waals surface area contributed by atoms with E-state index in [1.165, 1.54) is 12.1 Å². The van der Waals surface area contributed by atoms with E-state index >= 15 is 0 Å². The lowest BCUT2D eigenvalue weighted by atomic mass is 10.2. The summed E-state index contributed by atoms with van der Waals surface area (Å²) >= 11 is 0. The first-order valence-electron chi connectivity index (χ1n) is 14.2. The van der Waals surface area contributed by atoms with Gasteiger partial charge in [-0.1, -0.05) is 0 Å². The molecule has 0 unspecified atom stereocenters. The molecule has 16 heteroatoms. The lowest BCUT2D eigenvalue weighted by Crippen LogP contribution is -2.28. The maximum Gasteiger partial charge on any atom is 0.272 e. The first-order valence-corrected chi connectivity index (χ1v) is 14.2. The summed E-state index contributed by atoms with van der Waals surface area (Å²) in [6, 6.07) is 4.68. The maximum absolute atomic E-state index is 13.0. The molecular weight excluding hydrogens is 606 g/mol. The van der Waals surface area contributed by atoms with Crippen LogP contribution in [0.15, 0.2) is 36.8 Å². The zero-order chi connectivity index (χ0) is 32.4. The summed E-state index contributed by atoms with van der Waals surface area (Å²) in [5.41, 5.74) is 3.82. The quantitative estimate of drug-likeness (QED) is 0.0830. The molecule has 0 radical (unpaired) electrons. The van der Waals surface area contributed by atoms with Gasteiger partial charge in [-0.25, -0.2) is 5.48 Å². The van der Waals surface area contributed by atoms with Crippen molar-refractivity contribution in [2.24, 2.45) is 21.1 Å². The number of nitrogens with one attached hydrogen (secondary N) is 5. The van der Waals surface area contributed by atoms with Crippen molar-refractivity contribution >= 4 is 59.0 Å². The summed E-state index contributed by atoms with van der Waals surface area (Å²) in [7, 11) is 9.01. The molecule has 0 aliphatic heterocycles. The summed E-state index contributed by atoms with van der Waals surface area (Å²) < 4.78 is 4.79. The highest BCUT2D eigenvalue weighted by atomic mass is 35.5. The van der Waals surface area contributed by atoms with Crippen molar-refractivity contribution in [3.63, 3.8) is 0 Å². The summed E-state index contributed by atoms with van der Waals surface area (Å²) in [4.78, 5) is 63.9. The molecule has 0 aliphatic rings. The van der Waals surface area contributed by atoms with Crippen molar-refractivity contribution < 1.29 is 29.2 Å². The molecular formula is C29H42ClN9O6. The van der Waals surface area contributed by atoms with Gasteiger partial charge >= 0.3 is 0 Å². The molecule has 3 aromatic rings. The van der Waals surface area contributed by atoms with Gasteiger partial charge in [-0.2, -0.15) is 0 Å². The SMILES string of the molecule is CN(C)CCCNC(=O)c1cc(NC(=O)c2cc(NC(=O)c3cc(NC(=O)CCCCC(=O)NO)cn3C)cn2C)cn1C.Cl. The third kappa shape index (κ3) is 10.8. The predicted octanol–water partition coefficient (Wildman–Crippen LogP) is 2.31. The van der Waals surface area contributed by atoms with Gasteiger partial charge in [-0.05, 0) is 58.1 Å². The molecule has 0 aromatic carbocycles. The van der Waals surface area contributed by atoms with Gasteiger partial charge in [0.1, 0.15) is 17.1 Å². The van der Waals surface area contributed by atoms with Crippen molar-refractivity contribution in [2.75, 3.05) is 43.1 Å². The second-order valence-corrected chi connectivity index (χ2v) is 10.8. The Bertz CT molecular complexity index is 1510. The molecule has 3 heterocycles. The zero-order valence-electron chi connectivity index (χ0n) is 26.1. The Balaban J connectivity index is 0.00000705. The van der Waals surface area contributed by atoms with Crippen LogP contribution in [0.5, 0.6) is 0 Å². The van der Waals surface area contributed by atoms with E-state index in [-0.39, 0.29) is 48.5 Å². The fourth-order valence-corrected chi connectivity index (χ4v) is 4.50. The lowest BCUT2D eigenvalue weighted by Gasteiger charge is -2.10. The summed E-state index contributed by atoms with van der Waals surface area (Å²) in [6.45, 7) is 1.39. The van der Waals surface area contributed by atoms with E-state index in [1.54, 1.807) is 65.0 Å². The van der Waals surface area contributed by atoms with Crippen LogP contribution in [0, 0.1) is 0 Å². The average molecular weight is 648 g/mol. The standard InChI is InChI=1S/C29H41N9O6.ClH/c1-35(2)12-8-11-30-27(41)22-14-20(17-36(22)3)32-29(43)24-15-21(18-38(24)5)33-28(42)23-13-19(16-37(23)4)31-25(39)9-6-7-10-26(40)34-44;/h13-18,44H,6-12H2,1-5H3,(H,30,41)(H,31,39)(H,32,43)(H,33,42)(H,34,40);1H. The first kappa shape index (κ1) is 36.6. The fourth-order valence-electron chi connectivity index (χ4n) is 4.50. The van der Waals surface area contributed by atoms with Crippen LogP contribution in [-0.2, 0) is 30.7 Å². The van der Waals surface area contributed by atoms with Gasteiger partial charge in [0.25, 0.3) is 17.7 Å². The third-order valence-electron chi connectivity index (χ3n) is 6.76. The molecule has 45 heavy (non-hydrogen) atoms. The van der Waals surface area contributed by atoms with Gasteiger partial charge in [0.05, 0.1) is 17.1 Å². The van der Waals surface area contributed by atoms with E-state index in [0.717, 1.165) is 13.0 Å². The molecule has 246 valence electrons. The number of rotatable bonds is 15. The largest absolute Gasteiger partial charge is 0.351 e. The number of halogens is 1. The number of carbonyl (C=O) groups excluding carboxylic acids is 5. The Morgan fingerprint density at radius 3 is 1.53 bits per heavy atom. The second-order valence-electron chi connectivity index (χ2n) is 10.8. The van der Waals surface area contributed by atoms with Gasteiger partial charge in [0.15, 0.2) is 0 Å². The molecule has 15 nitrogen and oxygen atoms in total. The van der Waals surface area contributed by atoms with Gasteiger partial charge in [0.2, 0.25) is 11.8 Å². The number of aryl methyl sites for hydroxylation is 3. The normalized spacial score (nSPS) is 10.6. The number of hydroxylamine groups is 1. The van der Waals surface area contributed by atoms with Crippen molar-refractivity contribution in [1.29, 1.82) is 0 Å². The van der Waals surface area contributed by atoms with Crippen LogP contribution >= 0.6 is 12.4 Å². The minimum absolute atomic E-state index is 0. The van der Waals surface area contributed by atoms with E-state index in [1.807, 2.05) is 19.0 Å². The Hall–Kier alpha value is -4.60. The smallest absolute Gasteiger partial charge is 0.272 e. The number of amides is 5. The van der Waals surface area contributed by atoms with Gasteiger partial charge in [0, 0.05) is 59.1 Å². The van der Waals surface area contributed by atoms with Crippen LogP contribution in [0.3, 0.4) is 0 Å². The van der Waals surface area contributed by atoms with E-state index in [9.17, 15) is 24.0 Å². The highest BCUT2D eigenvalue weighted by Crippen LogP contribution is 2.20. The zero-order valence-corrected chi connectivity index (χ0v) is 26.9. The van der Waals surface area contributed by atoms with Crippen molar-refractivity contribution in [3.8, 4) is 0 Å². The molecule has 0 fully saturated rings. The molecule has 0 saturated heterocycles. The minimum atomic E-state index is -0.506. The number of hydrogen-bond donors (Lipinski definition) is 6. The molecule has 0 saturated carbocycles. The Morgan fingerprint density at radius 1 is 0.667 bits per heavy atom. The molecule has 5 amide bonds. The number of anilines is 3. The molecule has 0 atom stereocenters. The molecule has 0 bridgehead atoms. The molecule has 3 rings (SSSR count). The van der Waals surface area contributed by atoms with E-state index in [4.69, 9.17) is 5.21 Å².